The summed E-state index contributed by atoms with van der Waals surface area (Å²) in [7, 11) is -3.99. The Morgan fingerprint density at radius 2 is 1.95 bits per heavy atom. The van der Waals surface area contributed by atoms with Crippen LogP contribution in [0.1, 0.15) is 5.56 Å². The lowest BCUT2D eigenvalue weighted by Crippen LogP contribution is -2.14. The number of ether oxygens (including phenoxy) is 1. The van der Waals surface area contributed by atoms with E-state index in [1.807, 2.05) is 0 Å². The molecule has 0 spiro atoms. The summed E-state index contributed by atoms with van der Waals surface area (Å²) < 4.78 is 42.6. The summed E-state index contributed by atoms with van der Waals surface area (Å²) in [5.41, 5.74) is 0.277. The van der Waals surface area contributed by atoms with Gasteiger partial charge in [-0.3, -0.25) is 0 Å². The van der Waals surface area contributed by atoms with Gasteiger partial charge in [0.25, 0.3) is 0 Å². The maximum absolute atomic E-state index is 13.6. The van der Waals surface area contributed by atoms with Crippen LogP contribution in [-0.4, -0.2) is 8.42 Å². The summed E-state index contributed by atoms with van der Waals surface area (Å²) in [6, 6.07) is 8.40. The van der Waals surface area contributed by atoms with Crippen LogP contribution >= 0.6 is 27.5 Å². The van der Waals surface area contributed by atoms with Crippen LogP contribution in [0.2, 0.25) is 5.02 Å². The number of rotatable bonds is 4. The number of sulfonamides is 1. The van der Waals surface area contributed by atoms with Gasteiger partial charge in [0.15, 0.2) is 0 Å². The zero-order chi connectivity index (χ0) is 15.6. The second kappa shape index (κ2) is 6.31. The average Bonchev–Trinajstić information content (AvgIpc) is 2.40. The topological polar surface area (TPSA) is 69.4 Å². The molecule has 0 bridgehead atoms. The van der Waals surface area contributed by atoms with Crippen molar-refractivity contribution in [2.75, 3.05) is 0 Å². The molecule has 2 aromatic rings. The van der Waals surface area contributed by atoms with Gasteiger partial charge in [0.05, 0.1) is 0 Å². The molecule has 112 valence electrons. The fourth-order valence-electron chi connectivity index (χ4n) is 1.63. The van der Waals surface area contributed by atoms with Crippen molar-refractivity contribution in [2.24, 2.45) is 5.14 Å². The third kappa shape index (κ3) is 4.16. The van der Waals surface area contributed by atoms with Gasteiger partial charge >= 0.3 is 0 Å². The van der Waals surface area contributed by atoms with Gasteiger partial charge in [0.2, 0.25) is 10.0 Å². The minimum absolute atomic E-state index is 0.0151. The van der Waals surface area contributed by atoms with Crippen LogP contribution in [0.5, 0.6) is 5.75 Å². The van der Waals surface area contributed by atoms with Gasteiger partial charge in [-0.2, -0.15) is 0 Å². The molecule has 0 aromatic heterocycles. The third-order valence-electron chi connectivity index (χ3n) is 2.60. The summed E-state index contributed by atoms with van der Waals surface area (Å²) in [5, 5.41) is 5.31. The predicted octanol–water partition coefficient (Wildman–Crippen LogP) is 3.47. The highest BCUT2D eigenvalue weighted by atomic mass is 79.9. The van der Waals surface area contributed by atoms with E-state index in [1.54, 1.807) is 12.1 Å². The molecule has 0 aliphatic carbocycles. The third-order valence-corrected chi connectivity index (χ3v) is 4.26. The van der Waals surface area contributed by atoms with E-state index in [-0.39, 0.29) is 27.8 Å². The Morgan fingerprint density at radius 3 is 2.62 bits per heavy atom. The average molecular weight is 395 g/mol. The van der Waals surface area contributed by atoms with Crippen LogP contribution in [0.15, 0.2) is 45.8 Å². The van der Waals surface area contributed by atoms with Crippen molar-refractivity contribution in [1.82, 2.24) is 0 Å². The fourth-order valence-corrected chi connectivity index (χ4v) is 2.98. The quantitative estimate of drug-likeness (QED) is 0.863. The number of hydrogen-bond acceptors (Lipinski definition) is 3. The Balaban J connectivity index is 2.30. The minimum Gasteiger partial charge on any atom is -0.487 e. The van der Waals surface area contributed by atoms with Crippen molar-refractivity contribution < 1.29 is 17.5 Å². The monoisotopic (exact) mass is 393 g/mol. The van der Waals surface area contributed by atoms with E-state index in [2.05, 4.69) is 15.9 Å². The number of nitrogens with two attached hydrogens (primary N) is 1. The normalized spacial score (nSPS) is 11.4. The summed E-state index contributed by atoms with van der Waals surface area (Å²) in [6.45, 7) is -0.143. The smallest absolute Gasteiger partial charge is 0.241 e. The van der Waals surface area contributed by atoms with Crippen molar-refractivity contribution in [2.45, 2.75) is 11.5 Å². The van der Waals surface area contributed by atoms with E-state index in [0.29, 0.717) is 4.47 Å². The molecule has 2 N–H and O–H groups in total. The molecule has 0 amide bonds. The van der Waals surface area contributed by atoms with Crippen molar-refractivity contribution in [3.05, 3.63) is 57.3 Å². The van der Waals surface area contributed by atoms with Crippen LogP contribution in [-0.2, 0) is 16.6 Å². The molecule has 8 heteroatoms. The Labute approximate surface area is 134 Å². The molecule has 2 rings (SSSR count). The zero-order valence-corrected chi connectivity index (χ0v) is 13.7. The molecule has 0 aliphatic rings. The standard InChI is InChI=1S/C13H10BrClFNO3S/c14-9-1-3-11(16)8(5-9)7-20-12-4-2-10(15)6-13(12)21(17,18)19/h1-6H,7H2,(H2,17,18,19). The number of hydrogen-bond donors (Lipinski definition) is 1. The molecule has 0 radical (unpaired) electrons. The van der Waals surface area contributed by atoms with Crippen LogP contribution in [0.25, 0.3) is 0 Å². The molecule has 0 heterocycles. The molecular formula is C13H10BrClFNO3S. The lowest BCUT2D eigenvalue weighted by molar-refractivity contribution is 0.292. The van der Waals surface area contributed by atoms with Gasteiger partial charge in [-0.25, -0.2) is 17.9 Å². The van der Waals surface area contributed by atoms with Crippen LogP contribution in [0.3, 0.4) is 0 Å². The molecule has 0 fully saturated rings. The van der Waals surface area contributed by atoms with E-state index in [0.717, 1.165) is 0 Å². The molecule has 0 saturated carbocycles. The second-order valence-electron chi connectivity index (χ2n) is 4.16. The lowest BCUT2D eigenvalue weighted by Gasteiger charge is -2.11. The van der Waals surface area contributed by atoms with Crippen LogP contribution < -0.4 is 9.88 Å². The molecule has 21 heavy (non-hydrogen) atoms. The molecule has 4 nitrogen and oxygen atoms in total. The zero-order valence-electron chi connectivity index (χ0n) is 10.5. The van der Waals surface area contributed by atoms with E-state index in [4.69, 9.17) is 21.5 Å². The maximum atomic E-state index is 13.6. The lowest BCUT2D eigenvalue weighted by atomic mass is 10.2. The minimum atomic E-state index is -3.99. The highest BCUT2D eigenvalue weighted by Crippen LogP contribution is 2.27. The number of benzene rings is 2. The Morgan fingerprint density at radius 1 is 1.24 bits per heavy atom. The molecule has 0 unspecified atom stereocenters. The van der Waals surface area contributed by atoms with Gasteiger partial charge in [0, 0.05) is 15.1 Å². The highest BCUT2D eigenvalue weighted by Gasteiger charge is 2.16. The summed E-state index contributed by atoms with van der Waals surface area (Å²) in [5.74, 6) is -0.439. The van der Waals surface area contributed by atoms with Crippen LogP contribution in [0.4, 0.5) is 4.39 Å². The SMILES string of the molecule is NS(=O)(=O)c1cc(Cl)ccc1OCc1cc(Br)ccc1F. The summed E-state index contributed by atoms with van der Waals surface area (Å²) in [4.78, 5) is -0.245. The molecular weight excluding hydrogens is 385 g/mol. The first kappa shape index (κ1) is 16.2. The predicted molar refractivity (Wildman–Crippen MR) is 81.3 cm³/mol. The highest BCUT2D eigenvalue weighted by molar-refractivity contribution is 9.10. The van der Waals surface area contributed by atoms with Gasteiger partial charge < -0.3 is 4.74 Å². The van der Waals surface area contributed by atoms with E-state index >= 15 is 0 Å². The first-order chi connectivity index (χ1) is 9.77. The first-order valence-corrected chi connectivity index (χ1v) is 8.38. The molecule has 0 saturated heterocycles. The Bertz CT molecular complexity index is 783. The van der Waals surface area contributed by atoms with E-state index in [1.165, 1.54) is 24.3 Å². The molecule has 0 aliphatic heterocycles. The van der Waals surface area contributed by atoms with Gasteiger partial charge in [0.1, 0.15) is 23.1 Å². The van der Waals surface area contributed by atoms with Gasteiger partial charge in [-0.15, -0.1) is 0 Å². The van der Waals surface area contributed by atoms with Crippen molar-refractivity contribution >= 4 is 37.6 Å². The molecule has 0 atom stereocenters. The number of primary sulfonamides is 1. The second-order valence-corrected chi connectivity index (χ2v) is 7.04. The number of halogens is 3. The van der Waals surface area contributed by atoms with Gasteiger partial charge in [-0.1, -0.05) is 27.5 Å². The fraction of sp³-hybridized carbons (Fsp3) is 0.0769. The summed E-state index contributed by atoms with van der Waals surface area (Å²) in [6.07, 6.45) is 0. The van der Waals surface area contributed by atoms with Crippen molar-refractivity contribution in [3.8, 4) is 5.75 Å². The van der Waals surface area contributed by atoms with Gasteiger partial charge in [-0.05, 0) is 36.4 Å². The first-order valence-electron chi connectivity index (χ1n) is 5.66. The van der Waals surface area contributed by atoms with Crippen molar-refractivity contribution in [1.29, 1.82) is 0 Å². The largest absolute Gasteiger partial charge is 0.487 e. The van der Waals surface area contributed by atoms with Crippen LogP contribution in [0, 0.1) is 5.82 Å². The Hall–Kier alpha value is -1.15. The maximum Gasteiger partial charge on any atom is 0.241 e. The van der Waals surface area contributed by atoms with E-state index < -0.39 is 15.8 Å². The van der Waals surface area contributed by atoms with E-state index in [9.17, 15) is 12.8 Å². The van der Waals surface area contributed by atoms with Crippen molar-refractivity contribution in [3.63, 3.8) is 0 Å². The Kier molecular flexibility index (Phi) is 4.88. The molecule has 2 aromatic carbocycles. The summed E-state index contributed by atoms with van der Waals surface area (Å²) >= 11 is 8.97.